The van der Waals surface area contributed by atoms with Crippen molar-refractivity contribution >= 4 is 29.0 Å². The van der Waals surface area contributed by atoms with E-state index >= 15 is 0 Å². The molecule has 0 spiro atoms. The monoisotopic (exact) mass is 310 g/mol. The van der Waals surface area contributed by atoms with Crippen LogP contribution in [0.4, 0.5) is 15.9 Å². The number of carbonyl (C=O) groups excluding carboxylic acids is 1. The van der Waals surface area contributed by atoms with Gasteiger partial charge in [-0.3, -0.25) is 4.79 Å². The molecule has 2 aromatic rings. The van der Waals surface area contributed by atoms with Gasteiger partial charge in [-0.2, -0.15) is 0 Å². The maximum atomic E-state index is 13.9. The summed E-state index contributed by atoms with van der Waals surface area (Å²) in [6.45, 7) is 0. The molecule has 1 aromatic carbocycles. The van der Waals surface area contributed by atoms with Crippen LogP contribution in [0.25, 0.3) is 0 Å². The smallest absolute Gasteiger partial charge is 0.258 e. The van der Waals surface area contributed by atoms with E-state index in [2.05, 4.69) is 15.7 Å². The van der Waals surface area contributed by atoms with Gasteiger partial charge >= 0.3 is 0 Å². The van der Waals surface area contributed by atoms with Crippen molar-refractivity contribution in [1.82, 2.24) is 4.98 Å². The Bertz CT molecular complexity index is 681. The van der Waals surface area contributed by atoms with Crippen molar-refractivity contribution in [1.29, 1.82) is 0 Å². The highest BCUT2D eigenvalue weighted by molar-refractivity contribution is 6.32. The van der Waals surface area contributed by atoms with Gasteiger partial charge in [0.25, 0.3) is 5.91 Å². The van der Waals surface area contributed by atoms with E-state index in [-0.39, 0.29) is 11.4 Å². The average Bonchev–Trinajstić information content (AvgIpc) is 2.49. The second kappa shape index (κ2) is 6.38. The van der Waals surface area contributed by atoms with Crippen LogP contribution < -0.4 is 21.3 Å². The van der Waals surface area contributed by atoms with E-state index in [1.807, 2.05) is 0 Å². The SMILES string of the molecule is COc1cc(NC(=O)c2ccnc(NN)c2F)ccc1Cl. The zero-order chi connectivity index (χ0) is 15.4. The summed E-state index contributed by atoms with van der Waals surface area (Å²) in [6.07, 6.45) is 1.27. The molecule has 2 rings (SSSR count). The third-order valence-corrected chi connectivity index (χ3v) is 2.99. The van der Waals surface area contributed by atoms with E-state index in [1.165, 1.54) is 25.4 Å². The number of nitrogen functional groups attached to an aromatic ring is 1. The number of ether oxygens (including phenoxy) is 1. The number of methoxy groups -OCH3 is 1. The minimum atomic E-state index is -0.835. The molecule has 0 aliphatic rings. The van der Waals surface area contributed by atoms with Crippen molar-refractivity contribution < 1.29 is 13.9 Å². The number of hydrogen-bond donors (Lipinski definition) is 3. The number of nitrogens with one attached hydrogen (secondary N) is 2. The fraction of sp³-hybridized carbons (Fsp3) is 0.0769. The summed E-state index contributed by atoms with van der Waals surface area (Å²) in [5.41, 5.74) is 2.30. The van der Waals surface area contributed by atoms with Crippen molar-refractivity contribution in [3.63, 3.8) is 0 Å². The molecule has 0 unspecified atom stereocenters. The quantitative estimate of drug-likeness (QED) is 0.596. The number of pyridine rings is 1. The molecule has 110 valence electrons. The largest absolute Gasteiger partial charge is 0.495 e. The predicted octanol–water partition coefficient (Wildman–Crippen LogP) is 2.42. The summed E-state index contributed by atoms with van der Waals surface area (Å²) in [5.74, 6) is 3.82. The van der Waals surface area contributed by atoms with Gasteiger partial charge in [-0.1, -0.05) is 11.6 Å². The fourth-order valence-corrected chi connectivity index (χ4v) is 1.85. The van der Waals surface area contributed by atoms with E-state index in [1.54, 1.807) is 12.1 Å². The minimum absolute atomic E-state index is 0.188. The maximum absolute atomic E-state index is 13.9. The standard InChI is InChI=1S/C13H12ClFN4O2/c1-21-10-6-7(2-3-9(10)14)18-13(20)8-4-5-17-12(19-16)11(8)15/h2-6H,16H2,1H3,(H,17,19)(H,18,20). The van der Waals surface area contributed by atoms with Gasteiger partial charge in [0.2, 0.25) is 0 Å². The van der Waals surface area contributed by atoms with Crippen molar-refractivity contribution in [2.75, 3.05) is 17.9 Å². The number of halogens is 2. The number of rotatable bonds is 4. The molecule has 0 radical (unpaired) electrons. The summed E-state index contributed by atoms with van der Waals surface area (Å²) < 4.78 is 19.0. The molecule has 0 fully saturated rings. The molecular formula is C13H12ClFN4O2. The number of amides is 1. The Balaban J connectivity index is 2.26. The Kier molecular flexibility index (Phi) is 4.56. The lowest BCUT2D eigenvalue weighted by Crippen LogP contribution is -2.17. The molecular weight excluding hydrogens is 299 g/mol. The Hall–Kier alpha value is -2.38. The molecule has 4 N–H and O–H groups in total. The normalized spacial score (nSPS) is 10.1. The van der Waals surface area contributed by atoms with Crippen LogP contribution in [0.3, 0.4) is 0 Å². The van der Waals surface area contributed by atoms with Gasteiger partial charge < -0.3 is 15.5 Å². The molecule has 0 bridgehead atoms. The second-order valence-corrected chi connectivity index (χ2v) is 4.38. The number of benzene rings is 1. The first-order valence-electron chi connectivity index (χ1n) is 5.82. The van der Waals surface area contributed by atoms with Crippen LogP contribution in [0.1, 0.15) is 10.4 Å². The second-order valence-electron chi connectivity index (χ2n) is 3.97. The van der Waals surface area contributed by atoms with E-state index in [9.17, 15) is 9.18 Å². The molecule has 0 saturated heterocycles. The molecule has 0 aliphatic carbocycles. The van der Waals surface area contributed by atoms with Crippen molar-refractivity contribution in [3.8, 4) is 5.75 Å². The Morgan fingerprint density at radius 1 is 1.43 bits per heavy atom. The zero-order valence-corrected chi connectivity index (χ0v) is 11.7. The zero-order valence-electron chi connectivity index (χ0n) is 11.0. The first-order valence-corrected chi connectivity index (χ1v) is 6.20. The molecule has 6 nitrogen and oxygen atoms in total. The van der Waals surface area contributed by atoms with Gasteiger partial charge in [-0.15, -0.1) is 0 Å². The summed E-state index contributed by atoms with van der Waals surface area (Å²) in [7, 11) is 1.45. The molecule has 1 amide bonds. The lowest BCUT2D eigenvalue weighted by atomic mass is 10.2. The van der Waals surface area contributed by atoms with Crippen LogP contribution in [-0.2, 0) is 0 Å². The molecule has 0 saturated carbocycles. The summed E-state index contributed by atoms with van der Waals surface area (Å²) in [4.78, 5) is 15.7. The number of nitrogens with zero attached hydrogens (tertiary/aromatic N) is 1. The van der Waals surface area contributed by atoms with Gasteiger partial charge in [-0.25, -0.2) is 15.2 Å². The first kappa shape index (κ1) is 15.0. The van der Waals surface area contributed by atoms with Crippen molar-refractivity contribution in [2.24, 2.45) is 5.84 Å². The number of aromatic nitrogens is 1. The highest BCUT2D eigenvalue weighted by Gasteiger charge is 2.16. The van der Waals surface area contributed by atoms with Crippen LogP contribution in [0.2, 0.25) is 5.02 Å². The number of hydrogen-bond acceptors (Lipinski definition) is 5. The van der Waals surface area contributed by atoms with E-state index in [0.29, 0.717) is 16.5 Å². The van der Waals surface area contributed by atoms with Gasteiger partial charge in [0.15, 0.2) is 11.6 Å². The summed E-state index contributed by atoms with van der Waals surface area (Å²) >= 11 is 5.89. The van der Waals surface area contributed by atoms with Gasteiger partial charge in [-0.05, 0) is 18.2 Å². The molecule has 8 heteroatoms. The Morgan fingerprint density at radius 2 is 2.19 bits per heavy atom. The summed E-state index contributed by atoms with van der Waals surface area (Å²) in [6, 6.07) is 5.91. The Labute approximate surface area is 125 Å². The van der Waals surface area contributed by atoms with Crippen LogP contribution >= 0.6 is 11.6 Å². The van der Waals surface area contributed by atoms with E-state index in [0.717, 1.165) is 0 Å². The lowest BCUT2D eigenvalue weighted by molar-refractivity contribution is 0.102. The number of anilines is 2. The van der Waals surface area contributed by atoms with Crippen LogP contribution in [0, 0.1) is 5.82 Å². The average molecular weight is 311 g/mol. The van der Waals surface area contributed by atoms with Crippen molar-refractivity contribution in [3.05, 3.63) is 46.9 Å². The minimum Gasteiger partial charge on any atom is -0.495 e. The molecule has 0 atom stereocenters. The topological polar surface area (TPSA) is 89.3 Å². The van der Waals surface area contributed by atoms with Crippen LogP contribution in [0.15, 0.2) is 30.5 Å². The van der Waals surface area contributed by atoms with Crippen LogP contribution in [-0.4, -0.2) is 18.0 Å². The molecule has 1 aromatic heterocycles. The van der Waals surface area contributed by atoms with Crippen LogP contribution in [0.5, 0.6) is 5.75 Å². The highest BCUT2D eigenvalue weighted by Crippen LogP contribution is 2.27. The van der Waals surface area contributed by atoms with Gasteiger partial charge in [0.05, 0.1) is 17.7 Å². The third kappa shape index (κ3) is 3.21. The van der Waals surface area contributed by atoms with Gasteiger partial charge in [0.1, 0.15) is 5.75 Å². The predicted molar refractivity (Wildman–Crippen MR) is 78.0 cm³/mol. The summed E-state index contributed by atoms with van der Waals surface area (Å²) in [5, 5.41) is 2.94. The number of carbonyl (C=O) groups is 1. The van der Waals surface area contributed by atoms with Crippen molar-refractivity contribution in [2.45, 2.75) is 0 Å². The molecule has 21 heavy (non-hydrogen) atoms. The fourth-order valence-electron chi connectivity index (χ4n) is 1.66. The highest BCUT2D eigenvalue weighted by atomic mass is 35.5. The maximum Gasteiger partial charge on any atom is 0.258 e. The number of hydrazine groups is 1. The van der Waals surface area contributed by atoms with E-state index in [4.69, 9.17) is 22.2 Å². The first-order chi connectivity index (χ1) is 10.1. The Morgan fingerprint density at radius 3 is 2.86 bits per heavy atom. The van der Waals surface area contributed by atoms with Gasteiger partial charge in [0, 0.05) is 18.0 Å². The van der Waals surface area contributed by atoms with E-state index < -0.39 is 11.7 Å². The molecule has 1 heterocycles. The lowest BCUT2D eigenvalue weighted by Gasteiger charge is -2.10. The third-order valence-electron chi connectivity index (χ3n) is 2.68. The number of nitrogens with two attached hydrogens (primary N) is 1. The molecule has 0 aliphatic heterocycles.